The van der Waals surface area contributed by atoms with Gasteiger partial charge in [-0.1, -0.05) is 18.2 Å². The van der Waals surface area contributed by atoms with E-state index in [1.807, 2.05) is 37.3 Å². The molecule has 0 aliphatic heterocycles. The van der Waals surface area contributed by atoms with Crippen molar-refractivity contribution in [3.63, 3.8) is 0 Å². The molecule has 8 heteroatoms. The van der Waals surface area contributed by atoms with Gasteiger partial charge in [-0.25, -0.2) is 4.99 Å². The number of aliphatic imine (C=N–C) groups is 1. The van der Waals surface area contributed by atoms with Gasteiger partial charge in [-0.3, -0.25) is 0 Å². The molecule has 0 aromatic heterocycles. The summed E-state index contributed by atoms with van der Waals surface area (Å²) in [4.78, 5) is 4.69. The van der Waals surface area contributed by atoms with E-state index in [9.17, 15) is 0 Å². The summed E-state index contributed by atoms with van der Waals surface area (Å²) < 4.78 is 21.7. The second-order valence-electron chi connectivity index (χ2n) is 6.19. The molecule has 0 amide bonds. The van der Waals surface area contributed by atoms with Crippen LogP contribution in [0.5, 0.6) is 23.0 Å². The quantitative estimate of drug-likeness (QED) is 0.278. The van der Waals surface area contributed by atoms with Gasteiger partial charge in [-0.15, -0.1) is 24.0 Å². The van der Waals surface area contributed by atoms with Crippen LogP contribution < -0.4 is 29.6 Å². The number of para-hydroxylation sites is 1. The van der Waals surface area contributed by atoms with Gasteiger partial charge in [0, 0.05) is 25.2 Å². The van der Waals surface area contributed by atoms with Gasteiger partial charge in [0.25, 0.3) is 0 Å². The molecule has 0 bridgehead atoms. The molecule has 0 radical (unpaired) electrons. The van der Waals surface area contributed by atoms with E-state index in [4.69, 9.17) is 23.9 Å². The van der Waals surface area contributed by atoms with E-state index in [1.54, 1.807) is 28.4 Å². The second-order valence-corrected chi connectivity index (χ2v) is 6.19. The third kappa shape index (κ3) is 7.16. The monoisotopic (exact) mass is 529 g/mol. The highest BCUT2D eigenvalue weighted by molar-refractivity contribution is 14.0. The zero-order chi connectivity index (χ0) is 21.1. The lowest BCUT2D eigenvalue weighted by Gasteiger charge is -2.15. The smallest absolute Gasteiger partial charge is 0.191 e. The first kappa shape index (κ1) is 25.7. The summed E-state index contributed by atoms with van der Waals surface area (Å²) in [6.07, 6.45) is 0.823. The topological polar surface area (TPSA) is 73.3 Å². The second kappa shape index (κ2) is 13.8. The van der Waals surface area contributed by atoms with Crippen LogP contribution in [-0.2, 0) is 13.0 Å². The number of nitrogens with one attached hydrogen (secondary N) is 2. The van der Waals surface area contributed by atoms with Crippen LogP contribution in [0.4, 0.5) is 0 Å². The van der Waals surface area contributed by atoms with Crippen LogP contribution in [0.3, 0.4) is 0 Å². The van der Waals surface area contributed by atoms with Crippen molar-refractivity contribution in [2.45, 2.75) is 19.9 Å². The largest absolute Gasteiger partial charge is 0.496 e. The van der Waals surface area contributed by atoms with Crippen molar-refractivity contribution in [3.8, 4) is 23.0 Å². The minimum Gasteiger partial charge on any atom is -0.496 e. The van der Waals surface area contributed by atoms with E-state index in [0.717, 1.165) is 42.3 Å². The highest BCUT2D eigenvalue weighted by Crippen LogP contribution is 2.34. The zero-order valence-corrected chi connectivity index (χ0v) is 20.6. The van der Waals surface area contributed by atoms with Gasteiger partial charge in [0.15, 0.2) is 5.96 Å². The third-order valence-electron chi connectivity index (χ3n) is 4.44. The molecule has 7 nitrogen and oxygen atoms in total. The summed E-state index contributed by atoms with van der Waals surface area (Å²) in [5, 5.41) is 6.63. The minimum absolute atomic E-state index is 0. The van der Waals surface area contributed by atoms with Gasteiger partial charge in [0.2, 0.25) is 0 Å². The number of rotatable bonds is 10. The van der Waals surface area contributed by atoms with Gasteiger partial charge < -0.3 is 29.6 Å². The number of methoxy groups -OCH3 is 4. The average Bonchev–Trinajstić information content (AvgIpc) is 2.77. The van der Waals surface area contributed by atoms with Crippen molar-refractivity contribution in [2.24, 2.45) is 4.99 Å². The number of hydrogen-bond donors (Lipinski definition) is 2. The predicted octanol–water partition coefficient (Wildman–Crippen LogP) is 3.64. The van der Waals surface area contributed by atoms with Crippen LogP contribution in [-0.4, -0.2) is 47.5 Å². The molecule has 30 heavy (non-hydrogen) atoms. The summed E-state index contributed by atoms with van der Waals surface area (Å²) in [7, 11) is 6.55. The van der Waals surface area contributed by atoms with Crippen LogP contribution in [0.1, 0.15) is 18.1 Å². The number of ether oxygens (including phenoxy) is 4. The molecule has 0 fully saturated rings. The molecular formula is C22H32IN3O4. The SMILES string of the molecule is CCNC(=NCc1c(OC)cc(OC)cc1OC)NCCc1ccccc1OC.I. The summed E-state index contributed by atoms with van der Waals surface area (Å²) in [6.45, 7) is 3.92. The lowest BCUT2D eigenvalue weighted by molar-refractivity contribution is 0.369. The maximum absolute atomic E-state index is 5.50. The van der Waals surface area contributed by atoms with Gasteiger partial charge in [0.1, 0.15) is 23.0 Å². The molecule has 2 N–H and O–H groups in total. The first-order valence-electron chi connectivity index (χ1n) is 9.59. The number of benzene rings is 2. The maximum Gasteiger partial charge on any atom is 0.191 e. The third-order valence-corrected chi connectivity index (χ3v) is 4.44. The Morgan fingerprint density at radius 1 is 0.867 bits per heavy atom. The van der Waals surface area contributed by atoms with Crippen molar-refractivity contribution in [1.29, 1.82) is 0 Å². The van der Waals surface area contributed by atoms with Crippen molar-refractivity contribution in [3.05, 3.63) is 47.5 Å². The Labute approximate surface area is 196 Å². The molecule has 0 aliphatic carbocycles. The number of halogens is 1. The summed E-state index contributed by atoms with van der Waals surface area (Å²) in [6, 6.07) is 11.7. The zero-order valence-electron chi connectivity index (χ0n) is 18.3. The maximum atomic E-state index is 5.50. The Morgan fingerprint density at radius 2 is 1.50 bits per heavy atom. The van der Waals surface area contributed by atoms with E-state index >= 15 is 0 Å². The molecule has 0 spiro atoms. The molecule has 0 saturated heterocycles. The van der Waals surface area contributed by atoms with Gasteiger partial charge in [0.05, 0.1) is 40.5 Å². The summed E-state index contributed by atoms with van der Waals surface area (Å²) >= 11 is 0. The number of hydrogen-bond acceptors (Lipinski definition) is 5. The van der Waals surface area contributed by atoms with Crippen LogP contribution in [0.25, 0.3) is 0 Å². The van der Waals surface area contributed by atoms with E-state index < -0.39 is 0 Å². The molecule has 0 saturated carbocycles. The first-order valence-corrected chi connectivity index (χ1v) is 9.59. The van der Waals surface area contributed by atoms with E-state index in [0.29, 0.717) is 23.8 Å². The molecule has 2 rings (SSSR count). The molecule has 2 aromatic carbocycles. The van der Waals surface area contributed by atoms with Gasteiger partial charge in [-0.05, 0) is 25.0 Å². The standard InChI is InChI=1S/C22H31N3O4.HI/c1-6-23-22(24-12-11-16-9-7-8-10-19(16)27-3)25-15-18-20(28-4)13-17(26-2)14-21(18)29-5;/h7-10,13-14H,6,11-12,15H2,1-5H3,(H2,23,24,25);1H. The van der Waals surface area contributed by atoms with E-state index in [1.165, 1.54) is 0 Å². The summed E-state index contributed by atoms with van der Waals surface area (Å²) in [5.74, 6) is 3.64. The van der Waals surface area contributed by atoms with E-state index in [2.05, 4.69) is 16.7 Å². The fraction of sp³-hybridized carbons (Fsp3) is 0.409. The Balaban J connectivity index is 0.00000450. The number of nitrogens with zero attached hydrogens (tertiary/aromatic N) is 1. The van der Waals surface area contributed by atoms with Crippen LogP contribution >= 0.6 is 24.0 Å². The van der Waals surface area contributed by atoms with E-state index in [-0.39, 0.29) is 24.0 Å². The fourth-order valence-corrected chi connectivity index (χ4v) is 2.96. The summed E-state index contributed by atoms with van der Waals surface area (Å²) in [5.41, 5.74) is 2.01. The Kier molecular flexibility index (Phi) is 11.8. The molecular weight excluding hydrogens is 497 g/mol. The fourth-order valence-electron chi connectivity index (χ4n) is 2.96. The molecule has 0 heterocycles. The molecule has 166 valence electrons. The lowest BCUT2D eigenvalue weighted by atomic mass is 10.1. The van der Waals surface area contributed by atoms with Gasteiger partial charge >= 0.3 is 0 Å². The first-order chi connectivity index (χ1) is 14.2. The normalized spacial score (nSPS) is 10.6. The highest BCUT2D eigenvalue weighted by Gasteiger charge is 2.13. The Hall–Kier alpha value is -2.36. The molecule has 2 aromatic rings. The minimum atomic E-state index is 0. The van der Waals surface area contributed by atoms with Crippen LogP contribution in [0.2, 0.25) is 0 Å². The highest BCUT2D eigenvalue weighted by atomic mass is 127. The molecule has 0 aliphatic rings. The Morgan fingerprint density at radius 3 is 2.07 bits per heavy atom. The van der Waals surface area contributed by atoms with Crippen molar-refractivity contribution in [1.82, 2.24) is 10.6 Å². The predicted molar refractivity (Wildman–Crippen MR) is 131 cm³/mol. The molecule has 0 atom stereocenters. The van der Waals surface area contributed by atoms with Crippen molar-refractivity contribution < 1.29 is 18.9 Å². The molecule has 0 unspecified atom stereocenters. The Bertz CT molecular complexity index is 790. The van der Waals surface area contributed by atoms with Crippen molar-refractivity contribution >= 4 is 29.9 Å². The van der Waals surface area contributed by atoms with Gasteiger partial charge in [-0.2, -0.15) is 0 Å². The number of guanidine groups is 1. The lowest BCUT2D eigenvalue weighted by Crippen LogP contribution is -2.38. The van der Waals surface area contributed by atoms with Crippen LogP contribution in [0, 0.1) is 0 Å². The van der Waals surface area contributed by atoms with Crippen LogP contribution in [0.15, 0.2) is 41.4 Å². The average molecular weight is 529 g/mol. The van der Waals surface area contributed by atoms with Crippen molar-refractivity contribution in [2.75, 3.05) is 41.5 Å².